The largest absolute Gasteiger partial charge is 0.411 e. The molecule has 9 atom stereocenters. The van der Waals surface area contributed by atoms with Crippen LogP contribution < -0.4 is 10.4 Å². The lowest BCUT2D eigenvalue weighted by molar-refractivity contribution is -0.228. The minimum absolute atomic E-state index is 0.126. The van der Waals surface area contributed by atoms with E-state index in [0.717, 1.165) is 42.7 Å². The smallest absolute Gasteiger partial charge is 0.261 e. The van der Waals surface area contributed by atoms with Crippen LogP contribution in [0.5, 0.6) is 0 Å². The fourth-order valence-corrected chi connectivity index (χ4v) is 21.6. The van der Waals surface area contributed by atoms with Crippen molar-refractivity contribution < 1.29 is 41.7 Å². The molecule has 0 bridgehead atoms. The van der Waals surface area contributed by atoms with E-state index in [9.17, 15) is 0 Å². The Morgan fingerprint density at radius 1 is 0.627 bits per heavy atom. The number of rotatable bonds is 18. The molecule has 0 aliphatic carbocycles. The van der Waals surface area contributed by atoms with Gasteiger partial charge in [-0.3, -0.25) is 0 Å². The first-order chi connectivity index (χ1) is 27.9. The van der Waals surface area contributed by atoms with Crippen molar-refractivity contribution in [3.05, 3.63) is 60.7 Å². The maximum Gasteiger partial charge on any atom is 0.261 e. The topological polar surface area (TPSA) is 83.1 Å². The summed E-state index contributed by atoms with van der Waals surface area (Å²) in [5.74, 6) is -0.900. The van der Waals surface area contributed by atoms with E-state index < -0.39 is 42.8 Å². The van der Waals surface area contributed by atoms with E-state index in [1.54, 1.807) is 11.8 Å². The second-order valence-corrected chi connectivity index (χ2v) is 34.0. The van der Waals surface area contributed by atoms with Gasteiger partial charge in [0.1, 0.15) is 29.9 Å². The predicted octanol–water partition coefficient (Wildman–Crippen LogP) is 9.59. The van der Waals surface area contributed by atoms with Gasteiger partial charge in [-0.1, -0.05) is 123 Å². The van der Waals surface area contributed by atoms with Gasteiger partial charge >= 0.3 is 0 Å². The third-order valence-corrected chi connectivity index (χ3v) is 29.2. The standard InChI is InChI=1S/C46H76O9SSi3/c1-14-57(15-2,16-3)54-35-30-38(56-32-37-40-41(51-45(10,11)50-40)42-43(49-37)53-46(12,13)52-42)48-36(39(35)55-58(17-4,18-5)19-6)31-47-59(44(7,8)9,33-26-22-20-23-27-33)34-28-24-21-25-29-34/h20-29,35-43H,14-19,30-32H2,1-13H3/t35-,36?,37?,38-,39-,40+,41?,42?,43-/m1/s1. The van der Waals surface area contributed by atoms with Crippen molar-refractivity contribution in [1.29, 1.82) is 0 Å². The molecule has 9 nitrogen and oxygen atoms in total. The van der Waals surface area contributed by atoms with Crippen LogP contribution in [0, 0.1) is 0 Å². The first-order valence-corrected chi connectivity index (χ1v) is 30.7. The fraction of sp³-hybridized carbons (Fsp3) is 0.739. The van der Waals surface area contributed by atoms with E-state index >= 15 is 0 Å². The van der Waals surface area contributed by atoms with Crippen LogP contribution in [0.3, 0.4) is 0 Å². The van der Waals surface area contributed by atoms with Gasteiger partial charge in [0.15, 0.2) is 34.5 Å². The molecule has 6 rings (SSSR count). The number of ether oxygens (including phenoxy) is 6. The molecule has 0 saturated carbocycles. The SMILES string of the molecule is CC[Si](CC)(CC)O[C@@H]1C[C@@H](SCC2O[C@@H]3OC(C)(C)OC3C3OC(C)(C)O[C@@H]23)OC(CO[Si](c2ccccc2)(c2ccccc2)C(C)(C)C)[C@@H]1O[Si](CC)(CC)CC. The van der Waals surface area contributed by atoms with Crippen molar-refractivity contribution in [2.24, 2.45) is 0 Å². The molecule has 4 aliphatic heterocycles. The van der Waals surface area contributed by atoms with Gasteiger partial charge < -0.3 is 41.7 Å². The number of hydrogen-bond donors (Lipinski definition) is 0. The van der Waals surface area contributed by atoms with Gasteiger partial charge in [0.25, 0.3) is 8.32 Å². The number of fused-ring (bicyclic) bond motifs is 3. The average Bonchev–Trinajstić information content (AvgIpc) is 3.72. The Morgan fingerprint density at radius 2 is 1.12 bits per heavy atom. The number of thioether (sulfide) groups is 1. The molecular weight excluding hydrogens is 813 g/mol. The molecule has 4 saturated heterocycles. The molecule has 4 heterocycles. The fourth-order valence-electron chi connectivity index (χ4n) is 10.0. The lowest BCUT2D eigenvalue weighted by atomic mass is 10.00. The zero-order valence-electron chi connectivity index (χ0n) is 38.4. The monoisotopic (exact) mass is 888 g/mol. The zero-order valence-corrected chi connectivity index (χ0v) is 42.2. The molecule has 332 valence electrons. The van der Waals surface area contributed by atoms with Crippen LogP contribution in [-0.2, 0) is 41.7 Å². The summed E-state index contributed by atoms with van der Waals surface area (Å²) in [4.78, 5) is 0. The molecule has 4 fully saturated rings. The van der Waals surface area contributed by atoms with E-state index in [1.807, 2.05) is 27.7 Å². The van der Waals surface area contributed by atoms with E-state index in [4.69, 9.17) is 41.7 Å². The maximum atomic E-state index is 7.70. The van der Waals surface area contributed by atoms with Crippen molar-refractivity contribution in [2.75, 3.05) is 12.4 Å². The van der Waals surface area contributed by atoms with Crippen LogP contribution in [0.4, 0.5) is 0 Å². The van der Waals surface area contributed by atoms with Crippen LogP contribution in [-0.4, -0.2) is 103 Å². The summed E-state index contributed by atoms with van der Waals surface area (Å²) >= 11 is 1.78. The number of benzene rings is 2. The van der Waals surface area contributed by atoms with Gasteiger partial charge in [-0.05, 0) is 79.4 Å². The molecule has 0 amide bonds. The second kappa shape index (κ2) is 19.0. The molecule has 13 heteroatoms. The third kappa shape index (κ3) is 10.1. The first-order valence-electron chi connectivity index (χ1n) is 22.7. The minimum atomic E-state index is -2.90. The second-order valence-electron chi connectivity index (χ2n) is 19.1. The van der Waals surface area contributed by atoms with Crippen LogP contribution in [0.15, 0.2) is 60.7 Å². The summed E-state index contributed by atoms with van der Waals surface area (Å²) in [6, 6.07) is 28.2. The van der Waals surface area contributed by atoms with Crippen molar-refractivity contribution in [2.45, 2.75) is 204 Å². The van der Waals surface area contributed by atoms with Crippen LogP contribution in [0.25, 0.3) is 0 Å². The average molecular weight is 889 g/mol. The quantitative estimate of drug-likeness (QED) is 0.135. The molecule has 0 radical (unpaired) electrons. The Bertz CT molecular complexity index is 1560. The summed E-state index contributed by atoms with van der Waals surface area (Å²) < 4.78 is 62.6. The highest BCUT2D eigenvalue weighted by molar-refractivity contribution is 7.99. The molecule has 0 N–H and O–H groups in total. The van der Waals surface area contributed by atoms with Gasteiger partial charge in [0.2, 0.25) is 0 Å². The van der Waals surface area contributed by atoms with Gasteiger partial charge in [-0.15, -0.1) is 11.8 Å². The number of hydrogen-bond acceptors (Lipinski definition) is 10. The Balaban J connectivity index is 1.37. The third-order valence-electron chi connectivity index (χ3n) is 13.7. The molecule has 2 aromatic carbocycles. The normalized spacial score (nSPS) is 30.9. The highest BCUT2D eigenvalue weighted by Crippen LogP contribution is 2.46. The van der Waals surface area contributed by atoms with E-state index in [2.05, 4.69) is 123 Å². The molecule has 4 aliphatic rings. The van der Waals surface area contributed by atoms with Gasteiger partial charge in [0.05, 0.1) is 24.9 Å². The Morgan fingerprint density at radius 3 is 1.64 bits per heavy atom. The summed E-state index contributed by atoms with van der Waals surface area (Å²) in [7, 11) is -7.10. The summed E-state index contributed by atoms with van der Waals surface area (Å²) in [5.41, 5.74) is -0.182. The molecule has 0 spiro atoms. The Labute approximate surface area is 364 Å². The van der Waals surface area contributed by atoms with Crippen LogP contribution in [0.1, 0.15) is 96.4 Å². The Kier molecular flexibility index (Phi) is 15.4. The maximum absolute atomic E-state index is 7.70. The van der Waals surface area contributed by atoms with Crippen LogP contribution >= 0.6 is 11.8 Å². The van der Waals surface area contributed by atoms with Crippen molar-refractivity contribution in [3.8, 4) is 0 Å². The highest BCUT2D eigenvalue weighted by atomic mass is 32.2. The van der Waals surface area contributed by atoms with E-state index in [-0.39, 0.29) is 53.2 Å². The first kappa shape index (κ1) is 47.6. The molecule has 59 heavy (non-hydrogen) atoms. The lowest BCUT2D eigenvalue weighted by Gasteiger charge is -2.50. The van der Waals surface area contributed by atoms with Crippen molar-refractivity contribution >= 4 is 47.1 Å². The molecule has 2 aromatic rings. The summed E-state index contributed by atoms with van der Waals surface area (Å²) in [5, 5.41) is 2.33. The lowest BCUT2D eigenvalue weighted by Crippen LogP contribution is -2.68. The van der Waals surface area contributed by atoms with Crippen molar-refractivity contribution in [3.63, 3.8) is 0 Å². The molecule has 4 unspecified atom stereocenters. The van der Waals surface area contributed by atoms with Gasteiger partial charge in [-0.25, -0.2) is 0 Å². The van der Waals surface area contributed by atoms with Crippen molar-refractivity contribution in [1.82, 2.24) is 0 Å². The van der Waals surface area contributed by atoms with Crippen LogP contribution in [0.2, 0.25) is 41.3 Å². The predicted molar refractivity (Wildman–Crippen MR) is 246 cm³/mol. The van der Waals surface area contributed by atoms with Gasteiger partial charge in [-0.2, -0.15) is 0 Å². The van der Waals surface area contributed by atoms with Gasteiger partial charge in [0, 0.05) is 12.2 Å². The zero-order chi connectivity index (χ0) is 42.9. The highest BCUT2D eigenvalue weighted by Gasteiger charge is 2.61. The minimum Gasteiger partial charge on any atom is -0.411 e. The molecule has 0 aromatic heterocycles. The summed E-state index contributed by atoms with van der Waals surface area (Å²) in [6.45, 7) is 29.1. The molecular formula is C46H76O9SSi3. The Hall–Kier alpha value is -0.919. The van der Waals surface area contributed by atoms with E-state index in [1.165, 1.54) is 10.4 Å². The van der Waals surface area contributed by atoms with E-state index in [0.29, 0.717) is 12.4 Å². The summed E-state index contributed by atoms with van der Waals surface area (Å²) in [6.07, 6.45) is -1.78.